The van der Waals surface area contributed by atoms with Gasteiger partial charge in [0, 0.05) is 5.56 Å². The highest BCUT2D eigenvalue weighted by Crippen LogP contribution is 2.28. The van der Waals surface area contributed by atoms with Crippen molar-refractivity contribution < 1.29 is 9.00 Å². The normalized spacial score (nSPS) is 18.7. The molecule has 0 spiro atoms. The van der Waals surface area contributed by atoms with E-state index in [1.54, 1.807) is 18.2 Å². The predicted molar refractivity (Wildman–Crippen MR) is 51.0 cm³/mol. The van der Waals surface area contributed by atoms with Gasteiger partial charge in [-0.05, 0) is 25.1 Å². The summed E-state index contributed by atoms with van der Waals surface area (Å²) >= 11 is 0. The largest absolute Gasteiger partial charge is 0.295 e. The lowest BCUT2D eigenvalue weighted by atomic mass is 10.1. The highest BCUT2D eigenvalue weighted by molar-refractivity contribution is 7.99. The average molecular weight is 193 g/mol. The van der Waals surface area contributed by atoms with Crippen LogP contribution in [-0.2, 0) is 10.8 Å². The Morgan fingerprint density at radius 2 is 2.23 bits per heavy atom. The molecule has 1 atom stereocenters. The van der Waals surface area contributed by atoms with Gasteiger partial charge in [-0.3, -0.25) is 4.79 Å². The number of fused-ring (bicyclic) bond motifs is 1. The summed E-state index contributed by atoms with van der Waals surface area (Å²) in [7, 11) is -1.17. The first kappa shape index (κ1) is 8.31. The van der Waals surface area contributed by atoms with E-state index in [1.807, 2.05) is 0 Å². The van der Waals surface area contributed by atoms with Gasteiger partial charge < -0.3 is 0 Å². The maximum atomic E-state index is 11.3. The molecular formula is C9H7NO2S. The van der Waals surface area contributed by atoms with Crippen molar-refractivity contribution in [3.63, 3.8) is 0 Å². The number of aliphatic imine (C=N–C) groups is 1. The van der Waals surface area contributed by atoms with Crippen LogP contribution >= 0.6 is 0 Å². The zero-order chi connectivity index (χ0) is 9.42. The molecule has 1 aromatic rings. The fourth-order valence-corrected chi connectivity index (χ4v) is 2.06. The van der Waals surface area contributed by atoms with Crippen molar-refractivity contribution in [3.8, 4) is 0 Å². The van der Waals surface area contributed by atoms with E-state index >= 15 is 0 Å². The quantitative estimate of drug-likeness (QED) is 0.637. The molecule has 0 radical (unpaired) electrons. The second-order valence-electron chi connectivity index (χ2n) is 2.77. The number of benzene rings is 1. The molecule has 0 fully saturated rings. The molecule has 0 N–H and O–H groups in total. The lowest BCUT2D eigenvalue weighted by Crippen LogP contribution is -1.93. The SMILES string of the molecule is CC(=O)c1ccc2c(c1)S(=O)C=N2. The third-order valence-corrected chi connectivity index (χ3v) is 2.93. The van der Waals surface area contributed by atoms with E-state index in [1.165, 1.54) is 12.5 Å². The van der Waals surface area contributed by atoms with Crippen LogP contribution in [0, 0.1) is 0 Å². The van der Waals surface area contributed by atoms with E-state index in [9.17, 15) is 9.00 Å². The Kier molecular flexibility index (Phi) is 1.84. The molecule has 0 amide bonds. The Labute approximate surface area is 78.0 Å². The van der Waals surface area contributed by atoms with Crippen molar-refractivity contribution >= 4 is 27.8 Å². The van der Waals surface area contributed by atoms with Gasteiger partial charge in [0.25, 0.3) is 0 Å². The summed E-state index contributed by atoms with van der Waals surface area (Å²) in [5.41, 5.74) is 2.66. The molecule has 66 valence electrons. The molecule has 4 heteroatoms. The molecule has 1 aliphatic heterocycles. The molecule has 1 heterocycles. The van der Waals surface area contributed by atoms with Crippen LogP contribution in [0.25, 0.3) is 0 Å². The minimum absolute atomic E-state index is 0.0216. The van der Waals surface area contributed by atoms with Gasteiger partial charge in [-0.25, -0.2) is 9.20 Å². The van der Waals surface area contributed by atoms with E-state index in [2.05, 4.69) is 4.99 Å². The molecular weight excluding hydrogens is 186 g/mol. The molecule has 0 saturated heterocycles. The molecule has 0 bridgehead atoms. The Morgan fingerprint density at radius 1 is 1.46 bits per heavy atom. The van der Waals surface area contributed by atoms with Crippen LogP contribution in [0.5, 0.6) is 0 Å². The number of ketones is 1. The Hall–Kier alpha value is -1.29. The molecule has 1 aromatic carbocycles. The van der Waals surface area contributed by atoms with E-state index in [4.69, 9.17) is 0 Å². The fourth-order valence-electron chi connectivity index (χ4n) is 1.16. The molecule has 1 unspecified atom stereocenters. The molecule has 0 aliphatic carbocycles. The van der Waals surface area contributed by atoms with E-state index in [0.29, 0.717) is 16.1 Å². The Bertz CT molecular complexity index is 437. The van der Waals surface area contributed by atoms with Crippen molar-refractivity contribution in [2.24, 2.45) is 4.99 Å². The lowest BCUT2D eigenvalue weighted by molar-refractivity contribution is 0.101. The van der Waals surface area contributed by atoms with Crippen LogP contribution in [0.2, 0.25) is 0 Å². The third-order valence-electron chi connectivity index (χ3n) is 1.87. The topological polar surface area (TPSA) is 46.5 Å². The first-order chi connectivity index (χ1) is 6.18. The highest BCUT2D eigenvalue weighted by Gasteiger charge is 2.15. The van der Waals surface area contributed by atoms with E-state index in [-0.39, 0.29) is 5.78 Å². The summed E-state index contributed by atoms with van der Waals surface area (Å²) in [4.78, 5) is 15.6. The monoisotopic (exact) mass is 193 g/mol. The summed E-state index contributed by atoms with van der Waals surface area (Å²) in [5.74, 6) is -0.0216. The smallest absolute Gasteiger partial charge is 0.159 e. The van der Waals surface area contributed by atoms with E-state index < -0.39 is 10.8 Å². The first-order valence-corrected chi connectivity index (χ1v) is 4.99. The number of carbonyl (C=O) groups excluding carboxylic acids is 1. The Morgan fingerprint density at radius 3 is 2.92 bits per heavy atom. The standard InChI is InChI=1S/C9H7NO2S/c1-6(11)7-2-3-8-9(4-7)13(12)5-10-8/h2-5H,1H3. The van der Waals surface area contributed by atoms with Gasteiger partial charge in [0.15, 0.2) is 5.78 Å². The summed E-state index contributed by atoms with van der Waals surface area (Å²) in [5, 5.41) is 0. The van der Waals surface area contributed by atoms with E-state index in [0.717, 1.165) is 0 Å². The lowest BCUT2D eigenvalue weighted by Gasteiger charge is -1.98. The van der Waals surface area contributed by atoms with Crippen LogP contribution in [0.3, 0.4) is 0 Å². The number of nitrogens with zero attached hydrogens (tertiary/aromatic N) is 1. The van der Waals surface area contributed by atoms with Crippen molar-refractivity contribution in [2.75, 3.05) is 0 Å². The second-order valence-corrected chi connectivity index (χ2v) is 4.02. The maximum absolute atomic E-state index is 11.3. The molecule has 3 nitrogen and oxygen atoms in total. The summed E-state index contributed by atoms with van der Waals surface area (Å²) in [6, 6.07) is 5.05. The van der Waals surface area contributed by atoms with Gasteiger partial charge in [-0.1, -0.05) is 0 Å². The Balaban J connectivity index is 2.57. The van der Waals surface area contributed by atoms with Crippen molar-refractivity contribution in [1.29, 1.82) is 0 Å². The molecule has 13 heavy (non-hydrogen) atoms. The summed E-state index contributed by atoms with van der Waals surface area (Å²) in [6.45, 7) is 1.49. The number of hydrogen-bond donors (Lipinski definition) is 0. The average Bonchev–Trinajstić information content (AvgIpc) is 2.47. The number of carbonyl (C=O) groups is 1. The second kappa shape index (κ2) is 2.88. The van der Waals surface area contributed by atoms with Crippen LogP contribution in [0.15, 0.2) is 28.1 Å². The molecule has 1 aliphatic rings. The predicted octanol–water partition coefficient (Wildman–Crippen LogP) is 1.67. The van der Waals surface area contributed by atoms with Crippen LogP contribution in [-0.4, -0.2) is 15.5 Å². The zero-order valence-corrected chi connectivity index (χ0v) is 7.80. The van der Waals surface area contributed by atoms with Crippen molar-refractivity contribution in [2.45, 2.75) is 11.8 Å². The summed E-state index contributed by atoms with van der Waals surface area (Å²) in [6.07, 6.45) is 0. The number of Topliss-reactive ketones (excluding diaryl/α,β-unsaturated/α-hetero) is 1. The van der Waals surface area contributed by atoms with Gasteiger partial charge in [0.05, 0.1) is 26.9 Å². The molecule has 2 rings (SSSR count). The number of rotatable bonds is 1. The van der Waals surface area contributed by atoms with Crippen LogP contribution < -0.4 is 0 Å². The third kappa shape index (κ3) is 1.33. The fraction of sp³-hybridized carbons (Fsp3) is 0.111. The highest BCUT2D eigenvalue weighted by atomic mass is 32.2. The minimum Gasteiger partial charge on any atom is -0.295 e. The molecule has 0 saturated carbocycles. The van der Waals surface area contributed by atoms with Gasteiger partial charge in [0.2, 0.25) is 0 Å². The van der Waals surface area contributed by atoms with Gasteiger partial charge >= 0.3 is 0 Å². The minimum atomic E-state index is -1.17. The van der Waals surface area contributed by atoms with Gasteiger partial charge in [-0.2, -0.15) is 0 Å². The van der Waals surface area contributed by atoms with Gasteiger partial charge in [0.1, 0.15) is 0 Å². The molecule has 0 aromatic heterocycles. The maximum Gasteiger partial charge on any atom is 0.159 e. The van der Waals surface area contributed by atoms with Crippen molar-refractivity contribution in [1.82, 2.24) is 0 Å². The van der Waals surface area contributed by atoms with Crippen molar-refractivity contribution in [3.05, 3.63) is 23.8 Å². The summed E-state index contributed by atoms with van der Waals surface area (Å²) < 4.78 is 11.3. The number of hydrogen-bond acceptors (Lipinski definition) is 3. The zero-order valence-electron chi connectivity index (χ0n) is 6.98. The van der Waals surface area contributed by atoms with Crippen LogP contribution in [0.4, 0.5) is 5.69 Å². The van der Waals surface area contributed by atoms with Crippen LogP contribution in [0.1, 0.15) is 17.3 Å². The van der Waals surface area contributed by atoms with Gasteiger partial charge in [-0.15, -0.1) is 0 Å². The first-order valence-electron chi connectivity index (χ1n) is 3.78.